The fourth-order valence-corrected chi connectivity index (χ4v) is 2.12. The molecule has 0 bridgehead atoms. The Labute approximate surface area is 128 Å². The van der Waals surface area contributed by atoms with Gasteiger partial charge < -0.3 is 20.1 Å². The van der Waals surface area contributed by atoms with Crippen molar-refractivity contribution in [3.63, 3.8) is 0 Å². The summed E-state index contributed by atoms with van der Waals surface area (Å²) in [6, 6.07) is 12.6. The van der Waals surface area contributed by atoms with E-state index in [0.29, 0.717) is 30.5 Å². The Morgan fingerprint density at radius 2 is 2.27 bits per heavy atom. The minimum atomic E-state index is -0.464. The van der Waals surface area contributed by atoms with Crippen LogP contribution in [0.1, 0.15) is 0 Å². The van der Waals surface area contributed by atoms with E-state index < -0.39 is 6.10 Å². The molecular weight excluding hydrogens is 282 g/mol. The Kier molecular flexibility index (Phi) is 4.62. The van der Waals surface area contributed by atoms with E-state index in [1.807, 2.05) is 24.3 Å². The molecule has 1 aromatic carbocycles. The molecular formula is C16H17N3O3. The van der Waals surface area contributed by atoms with E-state index in [4.69, 9.17) is 9.47 Å². The summed E-state index contributed by atoms with van der Waals surface area (Å²) in [4.78, 5) is 16.2. The molecule has 1 atom stereocenters. The van der Waals surface area contributed by atoms with Crippen LogP contribution in [0.2, 0.25) is 0 Å². The van der Waals surface area contributed by atoms with Crippen LogP contribution in [0.25, 0.3) is 0 Å². The topological polar surface area (TPSA) is 72.5 Å². The molecule has 2 heterocycles. The molecule has 22 heavy (non-hydrogen) atoms. The largest absolute Gasteiger partial charge is 0.439 e. The maximum Gasteiger partial charge on any atom is 0.254 e. The number of benzene rings is 1. The van der Waals surface area contributed by atoms with Gasteiger partial charge in [-0.3, -0.25) is 4.79 Å². The third kappa shape index (κ3) is 3.81. The first-order valence-electron chi connectivity index (χ1n) is 7.13. The fourth-order valence-electron chi connectivity index (χ4n) is 2.12. The predicted octanol–water partition coefficient (Wildman–Crippen LogP) is 1.80. The summed E-state index contributed by atoms with van der Waals surface area (Å²) >= 11 is 0. The van der Waals surface area contributed by atoms with Crippen molar-refractivity contribution in [2.24, 2.45) is 0 Å². The molecule has 1 aliphatic rings. The average molecular weight is 299 g/mol. The Balaban J connectivity index is 1.64. The number of ether oxygens (including phenoxy) is 2. The van der Waals surface area contributed by atoms with Crippen LogP contribution in [0.4, 0.5) is 5.69 Å². The van der Waals surface area contributed by atoms with Crippen molar-refractivity contribution in [1.82, 2.24) is 10.3 Å². The molecule has 0 saturated carbocycles. The Morgan fingerprint density at radius 1 is 1.32 bits per heavy atom. The van der Waals surface area contributed by atoms with E-state index in [2.05, 4.69) is 15.6 Å². The van der Waals surface area contributed by atoms with Gasteiger partial charge in [0.1, 0.15) is 11.9 Å². The van der Waals surface area contributed by atoms with Gasteiger partial charge in [-0.15, -0.1) is 0 Å². The zero-order chi connectivity index (χ0) is 15.2. The highest BCUT2D eigenvalue weighted by Crippen LogP contribution is 2.22. The van der Waals surface area contributed by atoms with E-state index in [0.717, 1.165) is 6.54 Å². The van der Waals surface area contributed by atoms with Gasteiger partial charge in [-0.05, 0) is 18.2 Å². The number of carbonyl (C=O) groups excluding carboxylic acids is 1. The first-order valence-corrected chi connectivity index (χ1v) is 7.13. The van der Waals surface area contributed by atoms with Crippen molar-refractivity contribution in [2.75, 3.05) is 25.0 Å². The lowest BCUT2D eigenvalue weighted by molar-refractivity contribution is -0.128. The van der Waals surface area contributed by atoms with Crippen molar-refractivity contribution in [1.29, 1.82) is 0 Å². The van der Waals surface area contributed by atoms with Gasteiger partial charge in [0, 0.05) is 37.1 Å². The lowest BCUT2D eigenvalue weighted by atomic mass is 10.2. The van der Waals surface area contributed by atoms with Gasteiger partial charge in [0.05, 0.1) is 6.61 Å². The zero-order valence-corrected chi connectivity index (χ0v) is 12.0. The monoisotopic (exact) mass is 299 g/mol. The normalized spacial score (nSPS) is 17.7. The lowest BCUT2D eigenvalue weighted by Crippen LogP contribution is -2.45. The predicted molar refractivity (Wildman–Crippen MR) is 82.0 cm³/mol. The highest BCUT2D eigenvalue weighted by molar-refractivity contribution is 5.94. The van der Waals surface area contributed by atoms with Crippen LogP contribution in [0.15, 0.2) is 48.7 Å². The number of rotatable bonds is 4. The third-order valence-electron chi connectivity index (χ3n) is 3.18. The molecule has 1 aromatic heterocycles. The maximum atomic E-state index is 12.1. The fraction of sp³-hybridized carbons (Fsp3) is 0.250. The number of amides is 1. The summed E-state index contributed by atoms with van der Waals surface area (Å²) in [5.74, 6) is 0.951. The molecule has 0 aliphatic carbocycles. The van der Waals surface area contributed by atoms with Crippen LogP contribution in [0.5, 0.6) is 11.6 Å². The molecule has 1 amide bonds. The van der Waals surface area contributed by atoms with E-state index in [1.54, 1.807) is 24.4 Å². The van der Waals surface area contributed by atoms with E-state index in [9.17, 15) is 4.79 Å². The van der Waals surface area contributed by atoms with Crippen LogP contribution in [0.3, 0.4) is 0 Å². The minimum Gasteiger partial charge on any atom is -0.439 e. The van der Waals surface area contributed by atoms with Crippen molar-refractivity contribution in [3.8, 4) is 11.6 Å². The maximum absolute atomic E-state index is 12.1. The van der Waals surface area contributed by atoms with Gasteiger partial charge in [-0.1, -0.05) is 12.1 Å². The molecule has 3 rings (SSSR count). The number of anilines is 1. The summed E-state index contributed by atoms with van der Waals surface area (Å²) in [6.45, 7) is 1.84. The van der Waals surface area contributed by atoms with Crippen LogP contribution in [0, 0.1) is 0 Å². The molecule has 1 aliphatic heterocycles. The number of nitrogens with zero attached hydrogens (tertiary/aromatic N) is 1. The molecule has 0 spiro atoms. The first kappa shape index (κ1) is 14.5. The Morgan fingerprint density at radius 3 is 3.05 bits per heavy atom. The first-order chi connectivity index (χ1) is 10.8. The molecule has 1 unspecified atom stereocenters. The molecule has 1 fully saturated rings. The van der Waals surface area contributed by atoms with Gasteiger partial charge in [0.2, 0.25) is 5.88 Å². The van der Waals surface area contributed by atoms with Gasteiger partial charge in [0.25, 0.3) is 5.91 Å². The highest BCUT2D eigenvalue weighted by Gasteiger charge is 2.21. The Bertz CT molecular complexity index is 628. The summed E-state index contributed by atoms with van der Waals surface area (Å²) in [7, 11) is 0. The standard InChI is InChI=1S/C16H17N3O3/c20-16(14-11-17-8-9-21-14)19-12-4-3-5-13(10-12)22-15-6-1-2-7-18-15/h1-7,10,14,17H,8-9,11H2,(H,19,20). The zero-order valence-electron chi connectivity index (χ0n) is 12.0. The molecule has 2 N–H and O–H groups in total. The number of pyridine rings is 1. The number of hydrogen-bond donors (Lipinski definition) is 2. The summed E-state index contributed by atoms with van der Waals surface area (Å²) in [6.07, 6.45) is 1.20. The smallest absolute Gasteiger partial charge is 0.254 e. The van der Waals surface area contributed by atoms with Crippen molar-refractivity contribution in [2.45, 2.75) is 6.10 Å². The quantitative estimate of drug-likeness (QED) is 0.900. The summed E-state index contributed by atoms with van der Waals surface area (Å²) < 4.78 is 11.1. The summed E-state index contributed by atoms with van der Waals surface area (Å²) in [5, 5.41) is 5.96. The number of aromatic nitrogens is 1. The van der Waals surface area contributed by atoms with Crippen LogP contribution < -0.4 is 15.4 Å². The second kappa shape index (κ2) is 7.02. The SMILES string of the molecule is O=C(Nc1cccc(Oc2ccccn2)c1)C1CNCCO1. The number of nitrogens with one attached hydrogen (secondary N) is 2. The van der Waals surface area contributed by atoms with Gasteiger partial charge >= 0.3 is 0 Å². The number of morpholine rings is 1. The molecule has 2 aromatic rings. The second-order valence-electron chi connectivity index (χ2n) is 4.85. The van der Waals surface area contributed by atoms with Crippen molar-refractivity contribution >= 4 is 11.6 Å². The third-order valence-corrected chi connectivity index (χ3v) is 3.18. The van der Waals surface area contributed by atoms with Gasteiger partial charge in [-0.25, -0.2) is 4.98 Å². The number of hydrogen-bond acceptors (Lipinski definition) is 5. The van der Waals surface area contributed by atoms with E-state index in [1.165, 1.54) is 0 Å². The van der Waals surface area contributed by atoms with E-state index in [-0.39, 0.29) is 5.91 Å². The highest BCUT2D eigenvalue weighted by atomic mass is 16.5. The van der Waals surface area contributed by atoms with Gasteiger partial charge in [0.15, 0.2) is 0 Å². The molecule has 114 valence electrons. The molecule has 6 nitrogen and oxygen atoms in total. The summed E-state index contributed by atoms with van der Waals surface area (Å²) in [5.41, 5.74) is 0.660. The molecule has 6 heteroatoms. The minimum absolute atomic E-state index is 0.165. The van der Waals surface area contributed by atoms with E-state index >= 15 is 0 Å². The number of carbonyl (C=O) groups is 1. The molecule has 0 radical (unpaired) electrons. The molecule has 1 saturated heterocycles. The van der Waals surface area contributed by atoms with Crippen molar-refractivity contribution < 1.29 is 14.3 Å². The van der Waals surface area contributed by atoms with Crippen LogP contribution >= 0.6 is 0 Å². The second-order valence-corrected chi connectivity index (χ2v) is 4.85. The van der Waals surface area contributed by atoms with Crippen molar-refractivity contribution in [3.05, 3.63) is 48.7 Å². The van der Waals surface area contributed by atoms with Crippen LogP contribution in [-0.2, 0) is 9.53 Å². The van der Waals surface area contributed by atoms with Crippen LogP contribution in [-0.4, -0.2) is 36.7 Å². The average Bonchev–Trinajstić information content (AvgIpc) is 2.57. The van der Waals surface area contributed by atoms with Gasteiger partial charge in [-0.2, -0.15) is 0 Å². The Hall–Kier alpha value is -2.44. The lowest BCUT2D eigenvalue weighted by Gasteiger charge is -2.22.